The number of aryl methyl sites for hydroxylation is 1. The maximum absolute atomic E-state index is 13.2. The predicted molar refractivity (Wildman–Crippen MR) is 139 cm³/mol. The van der Waals surface area contributed by atoms with Gasteiger partial charge in [0.2, 0.25) is 0 Å². The van der Waals surface area contributed by atoms with E-state index in [0.29, 0.717) is 17.9 Å². The number of rotatable bonds is 6. The number of aromatic amines is 2. The average Bonchev–Trinajstić information content (AvgIpc) is 3.62. The fraction of sp³-hybridized carbons (Fsp3) is 0.214. The summed E-state index contributed by atoms with van der Waals surface area (Å²) in [7, 11) is 3.99. The molecule has 3 N–H and O–H groups in total. The fourth-order valence-electron chi connectivity index (χ4n) is 4.92. The molecule has 3 aromatic carbocycles. The molecule has 0 radical (unpaired) electrons. The monoisotopic (exact) mass is 477 g/mol. The lowest BCUT2D eigenvalue weighted by molar-refractivity contribution is 0.0936. The molecule has 0 spiro atoms. The molecule has 8 nitrogen and oxygen atoms in total. The largest absolute Gasteiger partial charge is 0.345 e. The van der Waals surface area contributed by atoms with Crippen molar-refractivity contribution in [3.05, 3.63) is 89.2 Å². The Morgan fingerprint density at radius 2 is 1.89 bits per heavy atom. The summed E-state index contributed by atoms with van der Waals surface area (Å²) in [6.45, 7) is 0.688. The zero-order valence-corrected chi connectivity index (χ0v) is 20.2. The Kier molecular flexibility index (Phi) is 5.58. The van der Waals surface area contributed by atoms with Gasteiger partial charge in [-0.3, -0.25) is 15.0 Å². The van der Waals surface area contributed by atoms with Crippen molar-refractivity contribution in [3.63, 3.8) is 0 Å². The van der Waals surface area contributed by atoms with E-state index in [1.54, 1.807) is 0 Å². The third-order valence-electron chi connectivity index (χ3n) is 6.66. The first-order valence-corrected chi connectivity index (χ1v) is 12.1. The summed E-state index contributed by atoms with van der Waals surface area (Å²) in [5.41, 5.74) is 6.63. The summed E-state index contributed by atoms with van der Waals surface area (Å²) in [4.78, 5) is 19.8. The summed E-state index contributed by atoms with van der Waals surface area (Å²) < 4.78 is 0. The van der Waals surface area contributed by atoms with E-state index in [0.717, 1.165) is 46.4 Å². The fourth-order valence-corrected chi connectivity index (χ4v) is 4.92. The highest BCUT2D eigenvalue weighted by Crippen LogP contribution is 2.32. The Hall–Kier alpha value is -4.30. The van der Waals surface area contributed by atoms with Crippen LogP contribution in [0.4, 0.5) is 0 Å². The first-order valence-electron chi connectivity index (χ1n) is 12.1. The molecule has 6 rings (SSSR count). The van der Waals surface area contributed by atoms with Crippen LogP contribution >= 0.6 is 0 Å². The number of aromatic nitrogens is 5. The van der Waals surface area contributed by atoms with Crippen LogP contribution in [0.5, 0.6) is 0 Å². The maximum Gasteiger partial charge on any atom is 0.251 e. The van der Waals surface area contributed by atoms with E-state index in [2.05, 4.69) is 48.9 Å². The third-order valence-corrected chi connectivity index (χ3v) is 6.66. The molecule has 2 aromatic heterocycles. The molecule has 0 unspecified atom stereocenters. The summed E-state index contributed by atoms with van der Waals surface area (Å²) in [6, 6.07) is 22.0. The number of hydrogen-bond donors (Lipinski definition) is 3. The van der Waals surface area contributed by atoms with Crippen LogP contribution in [0, 0.1) is 0 Å². The number of amides is 1. The van der Waals surface area contributed by atoms with Crippen molar-refractivity contribution in [3.8, 4) is 22.6 Å². The van der Waals surface area contributed by atoms with Crippen molar-refractivity contribution < 1.29 is 4.79 Å². The molecule has 0 bridgehead atoms. The number of carbonyl (C=O) groups is 1. The zero-order chi connectivity index (χ0) is 24.6. The van der Waals surface area contributed by atoms with Crippen LogP contribution < -0.4 is 5.32 Å². The highest BCUT2D eigenvalue weighted by Gasteiger charge is 2.24. The van der Waals surface area contributed by atoms with E-state index in [-0.39, 0.29) is 11.9 Å². The lowest BCUT2D eigenvalue weighted by Crippen LogP contribution is -2.27. The SMILES string of the molecule is CN(C)Cc1nc(-c2ccc3[nH]nc(-c4cccc(C(=O)N[C@@H]5CCc6ccccc65)c4)c3c2)n[nH]1. The Bertz CT molecular complexity index is 1570. The molecule has 0 saturated heterocycles. The molecule has 180 valence electrons. The lowest BCUT2D eigenvalue weighted by atomic mass is 10.0. The number of fused-ring (bicyclic) bond motifs is 2. The Morgan fingerprint density at radius 1 is 1.00 bits per heavy atom. The first-order chi connectivity index (χ1) is 17.5. The number of carbonyl (C=O) groups excluding carboxylic acids is 1. The van der Waals surface area contributed by atoms with Gasteiger partial charge in [0.25, 0.3) is 5.91 Å². The van der Waals surface area contributed by atoms with Crippen LogP contribution in [0.25, 0.3) is 33.5 Å². The van der Waals surface area contributed by atoms with Gasteiger partial charge in [0, 0.05) is 22.1 Å². The summed E-state index contributed by atoms with van der Waals surface area (Å²) in [5.74, 6) is 1.38. The van der Waals surface area contributed by atoms with Gasteiger partial charge in [0.1, 0.15) is 5.82 Å². The molecule has 1 amide bonds. The van der Waals surface area contributed by atoms with Gasteiger partial charge < -0.3 is 10.2 Å². The van der Waals surface area contributed by atoms with E-state index in [1.807, 2.05) is 67.5 Å². The zero-order valence-electron chi connectivity index (χ0n) is 20.2. The van der Waals surface area contributed by atoms with E-state index < -0.39 is 0 Å². The molecule has 1 aliphatic carbocycles. The topological polar surface area (TPSA) is 103 Å². The van der Waals surface area contributed by atoms with Gasteiger partial charge in [-0.25, -0.2) is 4.98 Å². The molecule has 8 heteroatoms. The van der Waals surface area contributed by atoms with Crippen LogP contribution in [0.15, 0.2) is 66.7 Å². The van der Waals surface area contributed by atoms with Gasteiger partial charge in [-0.1, -0.05) is 36.4 Å². The summed E-state index contributed by atoms with van der Waals surface area (Å²) in [5, 5.41) is 19.2. The van der Waals surface area contributed by atoms with Crippen molar-refractivity contribution >= 4 is 16.8 Å². The van der Waals surface area contributed by atoms with Crippen LogP contribution in [-0.2, 0) is 13.0 Å². The minimum Gasteiger partial charge on any atom is -0.345 e. The quantitative estimate of drug-likeness (QED) is 0.334. The van der Waals surface area contributed by atoms with Crippen LogP contribution in [-0.4, -0.2) is 50.3 Å². The first kappa shape index (κ1) is 22.2. The Balaban J connectivity index is 1.28. The second-order valence-electron chi connectivity index (χ2n) is 9.52. The van der Waals surface area contributed by atoms with Crippen molar-refractivity contribution in [2.45, 2.75) is 25.4 Å². The number of H-pyrrole nitrogens is 2. The van der Waals surface area contributed by atoms with Gasteiger partial charge in [-0.15, -0.1) is 0 Å². The standard InChI is InChI=1S/C28H27N7O/c1-35(2)16-25-30-27(34-32-25)19-11-13-24-22(15-19)26(33-31-24)18-7-5-8-20(14-18)28(36)29-23-12-10-17-6-3-4-9-21(17)23/h3-9,11,13-15,23H,10,12,16H2,1-2H3,(H,29,36)(H,31,33)(H,30,32,34)/t23-/m1/s1. The third kappa shape index (κ3) is 4.16. The van der Waals surface area contributed by atoms with E-state index in [1.165, 1.54) is 11.1 Å². The smallest absolute Gasteiger partial charge is 0.251 e. The highest BCUT2D eigenvalue weighted by molar-refractivity contribution is 5.99. The molecule has 1 atom stereocenters. The lowest BCUT2D eigenvalue weighted by Gasteiger charge is -2.14. The summed E-state index contributed by atoms with van der Waals surface area (Å²) >= 11 is 0. The van der Waals surface area contributed by atoms with Crippen molar-refractivity contribution in [1.82, 2.24) is 35.6 Å². The number of nitrogens with zero attached hydrogens (tertiary/aromatic N) is 4. The molecule has 0 saturated carbocycles. The molecular weight excluding hydrogens is 450 g/mol. The van der Waals surface area contributed by atoms with Crippen molar-refractivity contribution in [2.75, 3.05) is 14.1 Å². The number of nitrogens with one attached hydrogen (secondary N) is 3. The molecule has 36 heavy (non-hydrogen) atoms. The minimum atomic E-state index is -0.0757. The molecule has 2 heterocycles. The Labute approximate surface area is 208 Å². The normalized spacial score (nSPS) is 14.9. The van der Waals surface area contributed by atoms with Gasteiger partial charge in [-0.2, -0.15) is 10.2 Å². The summed E-state index contributed by atoms with van der Waals surface area (Å²) in [6.07, 6.45) is 1.92. The predicted octanol–water partition coefficient (Wildman–Crippen LogP) is 4.49. The van der Waals surface area contributed by atoms with Gasteiger partial charge >= 0.3 is 0 Å². The number of benzene rings is 3. The Morgan fingerprint density at radius 3 is 2.78 bits per heavy atom. The van der Waals surface area contributed by atoms with Crippen LogP contribution in [0.3, 0.4) is 0 Å². The van der Waals surface area contributed by atoms with Crippen LogP contribution in [0.1, 0.15) is 39.8 Å². The molecule has 0 aliphatic heterocycles. The highest BCUT2D eigenvalue weighted by atomic mass is 16.1. The molecule has 5 aromatic rings. The number of hydrogen-bond acceptors (Lipinski definition) is 5. The maximum atomic E-state index is 13.2. The van der Waals surface area contributed by atoms with Crippen molar-refractivity contribution in [1.29, 1.82) is 0 Å². The molecular formula is C28H27N7O. The van der Waals surface area contributed by atoms with E-state index in [4.69, 9.17) is 0 Å². The second-order valence-corrected chi connectivity index (χ2v) is 9.52. The van der Waals surface area contributed by atoms with Gasteiger partial charge in [-0.05, 0) is 68.4 Å². The average molecular weight is 478 g/mol. The van der Waals surface area contributed by atoms with Gasteiger partial charge in [0.05, 0.1) is 23.8 Å². The molecule has 0 fully saturated rings. The molecule has 1 aliphatic rings. The van der Waals surface area contributed by atoms with E-state index >= 15 is 0 Å². The van der Waals surface area contributed by atoms with Crippen molar-refractivity contribution in [2.24, 2.45) is 0 Å². The van der Waals surface area contributed by atoms with Gasteiger partial charge in [0.15, 0.2) is 5.82 Å². The van der Waals surface area contributed by atoms with E-state index in [9.17, 15) is 4.79 Å². The van der Waals surface area contributed by atoms with Crippen LogP contribution in [0.2, 0.25) is 0 Å². The second kappa shape index (κ2) is 9.05. The minimum absolute atomic E-state index is 0.0462.